The first-order valence-electron chi connectivity index (χ1n) is 4.85. The highest BCUT2D eigenvalue weighted by atomic mass is 79.9. The molecule has 0 aromatic carbocycles. The summed E-state index contributed by atoms with van der Waals surface area (Å²) in [6.45, 7) is 2.44. The second-order valence-electron chi connectivity index (χ2n) is 3.09. The van der Waals surface area contributed by atoms with E-state index in [1.54, 1.807) is 0 Å². The molecule has 1 heterocycles. The molecule has 0 atom stereocenters. The van der Waals surface area contributed by atoms with Gasteiger partial charge in [-0.2, -0.15) is 0 Å². The molecule has 0 fully saturated rings. The minimum atomic E-state index is -0.536. The van der Waals surface area contributed by atoms with Crippen LogP contribution in [0.3, 0.4) is 0 Å². The van der Waals surface area contributed by atoms with Crippen LogP contribution in [0, 0.1) is 10.1 Å². The van der Waals surface area contributed by atoms with Crippen LogP contribution in [-0.4, -0.2) is 28.9 Å². The largest absolute Gasteiger partial charge is 0.360 e. The molecule has 7 nitrogen and oxygen atoms in total. The molecular formula is C9H11BrN4O3. The molecule has 8 heteroatoms. The van der Waals surface area contributed by atoms with Gasteiger partial charge in [0.05, 0.1) is 15.9 Å². The van der Waals surface area contributed by atoms with Crippen molar-refractivity contribution in [1.29, 1.82) is 0 Å². The number of anilines is 1. The summed E-state index contributed by atoms with van der Waals surface area (Å²) in [7, 11) is 0. The first kappa shape index (κ1) is 13.4. The highest BCUT2D eigenvalue weighted by Gasteiger charge is 2.10. The van der Waals surface area contributed by atoms with Crippen LogP contribution in [0.1, 0.15) is 6.92 Å². The monoisotopic (exact) mass is 302 g/mol. The quantitative estimate of drug-likeness (QED) is 0.631. The summed E-state index contributed by atoms with van der Waals surface area (Å²) in [6.07, 6.45) is 1.13. The minimum absolute atomic E-state index is 0.0667. The Hall–Kier alpha value is -1.70. The molecule has 1 aromatic rings. The summed E-state index contributed by atoms with van der Waals surface area (Å²) in [5.41, 5.74) is -0.111. The lowest BCUT2D eigenvalue weighted by Gasteiger charge is -2.06. The molecule has 0 unspecified atom stereocenters. The van der Waals surface area contributed by atoms with Crippen LogP contribution in [0.15, 0.2) is 16.7 Å². The number of aromatic nitrogens is 1. The van der Waals surface area contributed by atoms with Gasteiger partial charge in [0, 0.05) is 12.6 Å². The Bertz CT molecular complexity index is 438. The maximum absolute atomic E-state index is 11.2. The number of carbonyl (C=O) groups is 1. The van der Waals surface area contributed by atoms with Gasteiger partial charge in [-0.1, -0.05) is 0 Å². The average Bonchev–Trinajstić information content (AvgIpc) is 2.27. The van der Waals surface area contributed by atoms with Gasteiger partial charge in [-0.15, -0.1) is 0 Å². The van der Waals surface area contributed by atoms with Crippen molar-refractivity contribution in [3.05, 3.63) is 26.9 Å². The van der Waals surface area contributed by atoms with E-state index in [-0.39, 0.29) is 18.1 Å². The molecule has 2 N–H and O–H groups in total. The highest BCUT2D eigenvalue weighted by Crippen LogP contribution is 2.23. The number of amides is 1. The zero-order valence-corrected chi connectivity index (χ0v) is 10.7. The molecular weight excluding hydrogens is 292 g/mol. The van der Waals surface area contributed by atoms with Crippen molar-refractivity contribution in [1.82, 2.24) is 10.3 Å². The Morgan fingerprint density at radius 3 is 2.88 bits per heavy atom. The molecule has 1 amide bonds. The molecule has 1 rings (SSSR count). The highest BCUT2D eigenvalue weighted by molar-refractivity contribution is 9.10. The topological polar surface area (TPSA) is 97.2 Å². The van der Waals surface area contributed by atoms with Crippen molar-refractivity contribution in [3.63, 3.8) is 0 Å². The fourth-order valence-electron chi connectivity index (χ4n) is 1.08. The molecule has 0 spiro atoms. The molecule has 1 aromatic heterocycles. The van der Waals surface area contributed by atoms with Crippen LogP contribution in [0.2, 0.25) is 0 Å². The number of carbonyl (C=O) groups excluding carboxylic acids is 1. The van der Waals surface area contributed by atoms with Crippen molar-refractivity contribution in [2.75, 3.05) is 18.4 Å². The fourth-order valence-corrected chi connectivity index (χ4v) is 1.56. The summed E-state index contributed by atoms with van der Waals surface area (Å²) < 4.78 is 0.441. The standard InChI is InChI=1S/C9H11BrN4O3/c1-2-11-8(15)5-13-9-7(10)3-6(4-12-9)14(16)17/h3-4H,2,5H2,1H3,(H,11,15)(H,12,13). The summed E-state index contributed by atoms with van der Waals surface area (Å²) >= 11 is 3.14. The first-order chi connectivity index (χ1) is 8.04. The van der Waals surface area contributed by atoms with Crippen molar-refractivity contribution in [2.45, 2.75) is 6.92 Å². The first-order valence-corrected chi connectivity index (χ1v) is 5.64. The van der Waals surface area contributed by atoms with Gasteiger partial charge in [-0.3, -0.25) is 14.9 Å². The molecule has 0 bridgehead atoms. The lowest BCUT2D eigenvalue weighted by atomic mass is 10.4. The Morgan fingerprint density at radius 1 is 1.65 bits per heavy atom. The van der Waals surface area contributed by atoms with E-state index in [4.69, 9.17) is 0 Å². The van der Waals surface area contributed by atoms with Gasteiger partial charge in [-0.25, -0.2) is 4.98 Å². The zero-order chi connectivity index (χ0) is 12.8. The predicted octanol–water partition coefficient (Wildman–Crippen LogP) is 1.30. The van der Waals surface area contributed by atoms with Crippen LogP contribution in [0.4, 0.5) is 11.5 Å². The predicted molar refractivity (Wildman–Crippen MR) is 65.8 cm³/mol. The van der Waals surface area contributed by atoms with Gasteiger partial charge in [0.1, 0.15) is 12.0 Å². The van der Waals surface area contributed by atoms with Crippen LogP contribution < -0.4 is 10.6 Å². The Morgan fingerprint density at radius 2 is 2.35 bits per heavy atom. The maximum atomic E-state index is 11.2. The number of hydrogen-bond acceptors (Lipinski definition) is 5. The number of pyridine rings is 1. The van der Waals surface area contributed by atoms with Crippen LogP contribution in [0.25, 0.3) is 0 Å². The third-order valence-corrected chi connectivity index (χ3v) is 2.43. The van der Waals surface area contributed by atoms with Gasteiger partial charge in [0.15, 0.2) is 0 Å². The summed E-state index contributed by atoms with van der Waals surface area (Å²) in [6, 6.07) is 1.33. The number of nitrogens with one attached hydrogen (secondary N) is 2. The van der Waals surface area contributed by atoms with E-state index in [2.05, 4.69) is 31.5 Å². The normalized spacial score (nSPS) is 9.76. The van der Waals surface area contributed by atoms with Gasteiger partial charge in [0.2, 0.25) is 5.91 Å². The van der Waals surface area contributed by atoms with Gasteiger partial charge < -0.3 is 10.6 Å². The number of hydrogen-bond donors (Lipinski definition) is 2. The summed E-state index contributed by atoms with van der Waals surface area (Å²) in [5, 5.41) is 15.9. The van der Waals surface area contributed by atoms with E-state index >= 15 is 0 Å². The van der Waals surface area contributed by atoms with Crippen LogP contribution in [-0.2, 0) is 4.79 Å². The Balaban J connectivity index is 2.66. The summed E-state index contributed by atoms with van der Waals surface area (Å²) in [4.78, 5) is 25.0. The van der Waals surface area contributed by atoms with Gasteiger partial charge in [-0.05, 0) is 22.9 Å². The number of rotatable bonds is 5. The van der Waals surface area contributed by atoms with E-state index in [1.165, 1.54) is 6.07 Å². The van der Waals surface area contributed by atoms with Crippen LogP contribution in [0.5, 0.6) is 0 Å². The van der Waals surface area contributed by atoms with E-state index < -0.39 is 4.92 Å². The smallest absolute Gasteiger partial charge is 0.288 e. The molecule has 92 valence electrons. The average molecular weight is 303 g/mol. The second kappa shape index (κ2) is 6.14. The molecule has 0 aliphatic rings. The number of halogens is 1. The van der Waals surface area contributed by atoms with Gasteiger partial charge >= 0.3 is 0 Å². The number of nitro groups is 1. The van der Waals surface area contributed by atoms with E-state index in [1.807, 2.05) is 6.92 Å². The van der Waals surface area contributed by atoms with E-state index in [0.717, 1.165) is 6.20 Å². The lowest BCUT2D eigenvalue weighted by molar-refractivity contribution is -0.385. The molecule has 0 saturated carbocycles. The zero-order valence-electron chi connectivity index (χ0n) is 9.07. The SMILES string of the molecule is CCNC(=O)CNc1ncc([N+](=O)[O-])cc1Br. The molecule has 0 aliphatic heterocycles. The van der Waals surface area contributed by atoms with E-state index in [0.29, 0.717) is 16.8 Å². The lowest BCUT2D eigenvalue weighted by Crippen LogP contribution is -2.29. The van der Waals surface area contributed by atoms with Crippen molar-refractivity contribution in [3.8, 4) is 0 Å². The van der Waals surface area contributed by atoms with Crippen molar-refractivity contribution < 1.29 is 9.72 Å². The second-order valence-corrected chi connectivity index (χ2v) is 3.94. The Kier molecular flexibility index (Phi) is 4.83. The Labute approximate surface area is 106 Å². The third-order valence-electron chi connectivity index (χ3n) is 1.83. The van der Waals surface area contributed by atoms with Crippen molar-refractivity contribution >= 4 is 33.3 Å². The number of nitrogens with zero attached hydrogens (tertiary/aromatic N) is 2. The fraction of sp³-hybridized carbons (Fsp3) is 0.333. The maximum Gasteiger partial charge on any atom is 0.288 e. The van der Waals surface area contributed by atoms with Crippen LogP contribution >= 0.6 is 15.9 Å². The molecule has 17 heavy (non-hydrogen) atoms. The van der Waals surface area contributed by atoms with Crippen molar-refractivity contribution in [2.24, 2.45) is 0 Å². The number of likely N-dealkylation sites (N-methyl/N-ethyl adjacent to an activating group) is 1. The molecule has 0 aliphatic carbocycles. The molecule has 0 saturated heterocycles. The molecule has 0 radical (unpaired) electrons. The van der Waals surface area contributed by atoms with E-state index in [9.17, 15) is 14.9 Å². The van der Waals surface area contributed by atoms with Gasteiger partial charge in [0.25, 0.3) is 5.69 Å². The third kappa shape index (κ3) is 3.99. The summed E-state index contributed by atoms with van der Waals surface area (Å²) in [5.74, 6) is 0.224. The minimum Gasteiger partial charge on any atom is -0.360 e.